The largest absolute Gasteiger partial charge is 0.444 e. The molecule has 4 amide bonds. The highest BCUT2D eigenvalue weighted by Gasteiger charge is 2.37. The number of carbonyl (C=O) groups excluding carboxylic acids is 4. The first-order valence-corrected chi connectivity index (χ1v) is 12.7. The van der Waals surface area contributed by atoms with Gasteiger partial charge in [-0.25, -0.2) is 4.79 Å². The van der Waals surface area contributed by atoms with Gasteiger partial charge in [-0.15, -0.1) is 0 Å². The summed E-state index contributed by atoms with van der Waals surface area (Å²) in [5.74, 6) is -2.38. The van der Waals surface area contributed by atoms with Crippen LogP contribution in [0, 0.1) is 18.3 Å². The lowest BCUT2D eigenvalue weighted by atomic mass is 10.00. The maximum atomic E-state index is 13.8. The Balaban J connectivity index is 2.57. The van der Waals surface area contributed by atoms with Gasteiger partial charge in [0.05, 0.1) is 23.2 Å². The van der Waals surface area contributed by atoms with Gasteiger partial charge in [0, 0.05) is 0 Å². The van der Waals surface area contributed by atoms with Crippen molar-refractivity contribution in [2.24, 2.45) is 5.73 Å². The number of nitriles is 1. The van der Waals surface area contributed by atoms with E-state index in [2.05, 4.69) is 10.6 Å². The summed E-state index contributed by atoms with van der Waals surface area (Å²) in [6.45, 7) is 8.11. The molecule has 0 fully saturated rings. The summed E-state index contributed by atoms with van der Waals surface area (Å²) in [7, 11) is 0. The van der Waals surface area contributed by atoms with Crippen molar-refractivity contribution in [2.45, 2.75) is 65.1 Å². The average Bonchev–Trinajstić information content (AvgIpc) is 2.84. The molecule has 0 bridgehead atoms. The van der Waals surface area contributed by atoms with E-state index in [0.717, 1.165) is 16.9 Å². The van der Waals surface area contributed by atoms with Crippen LogP contribution < -0.4 is 16.4 Å². The van der Waals surface area contributed by atoms with E-state index < -0.39 is 54.5 Å². The molecule has 0 spiro atoms. The number of halogens is 1. The molecule has 2 aromatic rings. The fraction of sp³-hybridized carbons (Fsp3) is 0.393. The number of nitrogens with one attached hydrogen (secondary N) is 2. The van der Waals surface area contributed by atoms with Gasteiger partial charge < -0.3 is 26.0 Å². The van der Waals surface area contributed by atoms with Gasteiger partial charge in [0.2, 0.25) is 11.8 Å². The molecular weight excluding hydrogens is 522 g/mol. The van der Waals surface area contributed by atoms with E-state index in [1.54, 1.807) is 58.0 Å². The third-order valence-electron chi connectivity index (χ3n) is 5.65. The zero-order chi connectivity index (χ0) is 29.3. The number of hydrogen-bond acceptors (Lipinski definition) is 6. The molecule has 4 N–H and O–H groups in total. The van der Waals surface area contributed by atoms with Crippen LogP contribution in [0.5, 0.6) is 0 Å². The Morgan fingerprint density at radius 3 is 2.28 bits per heavy atom. The van der Waals surface area contributed by atoms with Gasteiger partial charge in [0.15, 0.2) is 0 Å². The Morgan fingerprint density at radius 2 is 1.77 bits per heavy atom. The lowest BCUT2D eigenvalue weighted by molar-refractivity contribution is -0.141. The van der Waals surface area contributed by atoms with Crippen LogP contribution in [0.1, 0.15) is 56.8 Å². The third-order valence-corrected chi connectivity index (χ3v) is 5.97. The number of anilines is 1. The molecule has 0 heterocycles. The number of aryl methyl sites for hydroxylation is 2. The number of rotatable bonds is 10. The number of hydrogen-bond donors (Lipinski definition) is 3. The molecule has 11 heteroatoms. The third kappa shape index (κ3) is 9.00. The van der Waals surface area contributed by atoms with E-state index in [0.29, 0.717) is 21.8 Å². The van der Waals surface area contributed by atoms with Crippen LogP contribution in [-0.2, 0) is 25.5 Å². The summed E-state index contributed by atoms with van der Waals surface area (Å²) in [6.07, 6.45) is -0.789. The van der Waals surface area contributed by atoms with Crippen molar-refractivity contribution in [3.8, 4) is 6.07 Å². The van der Waals surface area contributed by atoms with Crippen LogP contribution in [0.2, 0.25) is 5.02 Å². The molecule has 0 aliphatic heterocycles. The number of alkyl carbamates (subject to hydrolysis) is 1. The van der Waals surface area contributed by atoms with Gasteiger partial charge in [0.25, 0.3) is 5.91 Å². The molecule has 2 aromatic carbocycles. The number of benzene rings is 2. The van der Waals surface area contributed by atoms with E-state index in [1.807, 2.05) is 25.1 Å². The summed E-state index contributed by atoms with van der Waals surface area (Å²) in [5.41, 5.74) is 6.93. The highest BCUT2D eigenvalue weighted by molar-refractivity contribution is 6.34. The molecular formula is C28H34ClN5O5. The monoisotopic (exact) mass is 555 g/mol. The summed E-state index contributed by atoms with van der Waals surface area (Å²) < 4.78 is 5.23. The second-order valence-electron chi connectivity index (χ2n) is 9.91. The first kappa shape index (κ1) is 31.1. The van der Waals surface area contributed by atoms with E-state index in [1.165, 1.54) is 0 Å². The van der Waals surface area contributed by atoms with E-state index in [9.17, 15) is 24.4 Å². The SMILES string of the molecule is CCc1ccc(C(C(=O)Nc2c(C)cccc2Cl)N(CC#N)C(=O)C(CC(N)=O)NC(=O)OC(C)(C)C)cc1. The van der Waals surface area contributed by atoms with Crippen LogP contribution in [0.4, 0.5) is 10.5 Å². The maximum absolute atomic E-state index is 13.8. The minimum Gasteiger partial charge on any atom is -0.444 e. The Morgan fingerprint density at radius 1 is 1.13 bits per heavy atom. The van der Waals surface area contributed by atoms with Crippen molar-refractivity contribution in [3.63, 3.8) is 0 Å². The number of nitrogens with two attached hydrogens (primary N) is 1. The van der Waals surface area contributed by atoms with Gasteiger partial charge in [0.1, 0.15) is 24.2 Å². The summed E-state index contributed by atoms with van der Waals surface area (Å²) in [4.78, 5) is 52.9. The number of amides is 4. The lowest BCUT2D eigenvalue weighted by Crippen LogP contribution is -2.53. The van der Waals surface area contributed by atoms with Gasteiger partial charge in [-0.3, -0.25) is 14.4 Å². The van der Waals surface area contributed by atoms with Gasteiger partial charge >= 0.3 is 6.09 Å². The summed E-state index contributed by atoms with van der Waals surface area (Å²) >= 11 is 6.32. The number of primary amides is 1. The zero-order valence-electron chi connectivity index (χ0n) is 22.7. The van der Waals surface area contributed by atoms with Crippen LogP contribution in [0.15, 0.2) is 42.5 Å². The fourth-order valence-electron chi connectivity index (χ4n) is 3.81. The Hall–Kier alpha value is -4.10. The second-order valence-corrected chi connectivity index (χ2v) is 10.3. The molecule has 0 aromatic heterocycles. The van der Waals surface area contributed by atoms with E-state index in [-0.39, 0.29) is 0 Å². The number of para-hydroxylation sites is 1. The van der Waals surface area contributed by atoms with Gasteiger partial charge in [-0.05, 0) is 56.9 Å². The molecule has 10 nitrogen and oxygen atoms in total. The van der Waals surface area contributed by atoms with Crippen molar-refractivity contribution in [1.29, 1.82) is 5.26 Å². The first-order valence-electron chi connectivity index (χ1n) is 12.4. The molecule has 0 aliphatic rings. The minimum atomic E-state index is -1.49. The van der Waals surface area contributed by atoms with Crippen molar-refractivity contribution in [3.05, 3.63) is 64.2 Å². The Kier molecular flexibility index (Phi) is 10.9. The highest BCUT2D eigenvalue weighted by atomic mass is 35.5. The minimum absolute atomic E-state index is 0.291. The van der Waals surface area contributed by atoms with Crippen molar-refractivity contribution < 1.29 is 23.9 Å². The molecule has 2 rings (SSSR count). The molecule has 39 heavy (non-hydrogen) atoms. The smallest absolute Gasteiger partial charge is 0.408 e. The molecule has 2 atom stereocenters. The number of ether oxygens (including phenoxy) is 1. The molecule has 0 saturated heterocycles. The van der Waals surface area contributed by atoms with Gasteiger partial charge in [-0.2, -0.15) is 5.26 Å². The normalized spacial score (nSPS) is 12.4. The molecule has 0 radical (unpaired) electrons. The molecule has 208 valence electrons. The summed E-state index contributed by atoms with van der Waals surface area (Å²) in [6, 6.07) is 11.2. The van der Waals surface area contributed by atoms with Crippen molar-refractivity contribution in [1.82, 2.24) is 10.2 Å². The predicted octanol–water partition coefficient (Wildman–Crippen LogP) is 4.01. The average molecular weight is 556 g/mol. The van der Waals surface area contributed by atoms with Crippen LogP contribution in [0.25, 0.3) is 0 Å². The van der Waals surface area contributed by atoms with E-state index in [4.69, 9.17) is 22.1 Å². The lowest BCUT2D eigenvalue weighted by Gasteiger charge is -2.33. The number of nitrogens with zero attached hydrogens (tertiary/aromatic N) is 2. The molecule has 2 unspecified atom stereocenters. The molecule has 0 saturated carbocycles. The van der Waals surface area contributed by atoms with Crippen molar-refractivity contribution >= 4 is 41.1 Å². The second kappa shape index (κ2) is 13.6. The standard InChI is InChI=1S/C28H34ClN5O5/c1-6-18-10-12-19(13-11-18)24(25(36)33-23-17(2)8-7-9-20(23)29)34(15-14-30)26(37)21(16-22(31)35)32-27(38)39-28(3,4)5/h7-13,21,24H,6,15-16H2,1-5H3,(H2,31,35)(H,32,38)(H,33,36). The quantitative estimate of drug-likeness (QED) is 0.376. The fourth-order valence-corrected chi connectivity index (χ4v) is 4.08. The molecule has 0 aliphatic carbocycles. The van der Waals surface area contributed by atoms with E-state index >= 15 is 0 Å². The van der Waals surface area contributed by atoms with Crippen LogP contribution in [0.3, 0.4) is 0 Å². The Bertz CT molecular complexity index is 1230. The highest BCUT2D eigenvalue weighted by Crippen LogP contribution is 2.29. The topological polar surface area (TPSA) is 155 Å². The number of carbonyl (C=O) groups is 4. The van der Waals surface area contributed by atoms with Crippen LogP contribution in [-0.4, -0.2) is 46.9 Å². The van der Waals surface area contributed by atoms with Crippen molar-refractivity contribution in [2.75, 3.05) is 11.9 Å². The van der Waals surface area contributed by atoms with Crippen LogP contribution >= 0.6 is 11.6 Å². The first-order chi connectivity index (χ1) is 18.3. The predicted molar refractivity (Wildman–Crippen MR) is 148 cm³/mol. The van der Waals surface area contributed by atoms with Gasteiger partial charge in [-0.1, -0.05) is 54.9 Å². The zero-order valence-corrected chi connectivity index (χ0v) is 23.5. The summed E-state index contributed by atoms with van der Waals surface area (Å²) in [5, 5.41) is 15.0. The Labute approximate surface area is 233 Å². The maximum Gasteiger partial charge on any atom is 0.408 e.